The largest absolute Gasteiger partial charge is 0.353 e. The number of amides is 3. The van der Waals surface area contributed by atoms with Crippen LogP contribution in [0.2, 0.25) is 5.02 Å². The van der Waals surface area contributed by atoms with Crippen LogP contribution in [0.4, 0.5) is 10.6 Å². The summed E-state index contributed by atoms with van der Waals surface area (Å²) in [5, 5.41) is 3.25. The Kier molecular flexibility index (Phi) is 7.33. The van der Waals surface area contributed by atoms with Gasteiger partial charge in [0.25, 0.3) is 0 Å². The first-order valence-corrected chi connectivity index (χ1v) is 10.8. The molecule has 1 fully saturated rings. The highest BCUT2D eigenvalue weighted by Gasteiger charge is 2.26. The van der Waals surface area contributed by atoms with Crippen molar-refractivity contribution in [2.75, 3.05) is 31.1 Å². The lowest BCUT2D eigenvalue weighted by Crippen LogP contribution is -2.50. The third-order valence-corrected chi connectivity index (χ3v) is 5.55. The Morgan fingerprint density at radius 1 is 1.13 bits per heavy atom. The second-order valence-corrected chi connectivity index (χ2v) is 8.50. The number of carbonyl (C=O) groups excluding carboxylic acids is 2. The highest BCUT2D eigenvalue weighted by Crippen LogP contribution is 2.22. The first-order chi connectivity index (χ1) is 14.7. The highest BCUT2D eigenvalue weighted by atomic mass is 35.5. The normalized spacial score (nSPS) is 15.1. The Bertz CT molecular complexity index is 926. The molecular formula is C22H29ClN6O2. The number of anilines is 1. The van der Waals surface area contributed by atoms with Crippen molar-refractivity contribution in [3.63, 3.8) is 0 Å². The second kappa shape index (κ2) is 9.96. The number of urea groups is 1. The average molecular weight is 445 g/mol. The van der Waals surface area contributed by atoms with Gasteiger partial charge in [-0.25, -0.2) is 14.8 Å². The lowest BCUT2D eigenvalue weighted by molar-refractivity contribution is -0.132. The molecule has 2 heterocycles. The summed E-state index contributed by atoms with van der Waals surface area (Å²) in [6.07, 6.45) is 0.134. The van der Waals surface area contributed by atoms with Gasteiger partial charge in [0, 0.05) is 48.9 Å². The summed E-state index contributed by atoms with van der Waals surface area (Å²) < 4.78 is 0. The molecule has 1 unspecified atom stereocenters. The van der Waals surface area contributed by atoms with E-state index in [0.29, 0.717) is 31.2 Å². The Hall–Kier alpha value is -2.87. The van der Waals surface area contributed by atoms with Gasteiger partial charge in [0.15, 0.2) is 0 Å². The van der Waals surface area contributed by atoms with Crippen LogP contribution in [0.3, 0.4) is 0 Å². The summed E-state index contributed by atoms with van der Waals surface area (Å²) in [6, 6.07) is 7.85. The van der Waals surface area contributed by atoms with E-state index in [4.69, 9.17) is 22.3 Å². The van der Waals surface area contributed by atoms with Gasteiger partial charge in [-0.15, -0.1) is 0 Å². The third-order valence-electron chi connectivity index (χ3n) is 5.30. The van der Waals surface area contributed by atoms with Crippen LogP contribution in [0.1, 0.15) is 49.3 Å². The molecule has 3 amide bonds. The molecule has 1 aliphatic heterocycles. The fourth-order valence-corrected chi connectivity index (χ4v) is 3.73. The topological polar surface area (TPSA) is 104 Å². The predicted octanol–water partition coefficient (Wildman–Crippen LogP) is 3.01. The zero-order valence-corrected chi connectivity index (χ0v) is 18.9. The summed E-state index contributed by atoms with van der Waals surface area (Å²) in [4.78, 5) is 37.6. The summed E-state index contributed by atoms with van der Waals surface area (Å²) in [5.41, 5.74) is 7.05. The molecular weight excluding hydrogens is 416 g/mol. The zero-order valence-electron chi connectivity index (χ0n) is 18.1. The molecule has 9 heteroatoms. The second-order valence-electron chi connectivity index (χ2n) is 8.07. The number of halogens is 1. The molecule has 0 bridgehead atoms. The van der Waals surface area contributed by atoms with E-state index in [1.54, 1.807) is 24.3 Å². The van der Waals surface area contributed by atoms with Gasteiger partial charge in [0.05, 0.1) is 12.5 Å². The van der Waals surface area contributed by atoms with Crippen LogP contribution in [0.5, 0.6) is 0 Å². The number of nitrogens with zero attached hydrogens (tertiary/aromatic N) is 4. The van der Waals surface area contributed by atoms with Crippen molar-refractivity contribution >= 4 is 29.4 Å². The molecule has 0 saturated carbocycles. The number of nitrogens with one attached hydrogen (secondary N) is 1. The minimum atomic E-state index is -0.669. The number of piperazine rings is 1. The van der Waals surface area contributed by atoms with Crippen molar-refractivity contribution in [1.82, 2.24) is 20.2 Å². The van der Waals surface area contributed by atoms with E-state index in [0.717, 1.165) is 22.9 Å². The van der Waals surface area contributed by atoms with E-state index in [2.05, 4.69) is 29.0 Å². The van der Waals surface area contributed by atoms with Gasteiger partial charge >= 0.3 is 6.03 Å². The predicted molar refractivity (Wildman–Crippen MR) is 121 cm³/mol. The summed E-state index contributed by atoms with van der Waals surface area (Å²) in [5.74, 6) is 1.95. The number of nitrogens with two attached hydrogens (primary N) is 1. The fraction of sp³-hybridized carbons (Fsp3) is 0.455. The molecule has 166 valence electrons. The highest BCUT2D eigenvalue weighted by molar-refractivity contribution is 6.30. The van der Waals surface area contributed by atoms with Crippen LogP contribution in [-0.2, 0) is 4.79 Å². The van der Waals surface area contributed by atoms with Gasteiger partial charge in [-0.2, -0.15) is 0 Å². The van der Waals surface area contributed by atoms with E-state index in [9.17, 15) is 9.59 Å². The third kappa shape index (κ3) is 6.07. The van der Waals surface area contributed by atoms with Gasteiger partial charge in [0.1, 0.15) is 11.6 Å². The quantitative estimate of drug-likeness (QED) is 0.712. The maximum absolute atomic E-state index is 12.9. The molecule has 0 aliphatic carbocycles. The Morgan fingerprint density at radius 2 is 1.77 bits per heavy atom. The van der Waals surface area contributed by atoms with Gasteiger partial charge in [-0.05, 0) is 24.6 Å². The van der Waals surface area contributed by atoms with Crippen LogP contribution in [0.25, 0.3) is 0 Å². The van der Waals surface area contributed by atoms with Crippen molar-refractivity contribution in [1.29, 1.82) is 0 Å². The van der Waals surface area contributed by atoms with Crippen molar-refractivity contribution < 1.29 is 9.59 Å². The molecule has 3 N–H and O–H groups in total. The van der Waals surface area contributed by atoms with Crippen LogP contribution >= 0.6 is 11.6 Å². The van der Waals surface area contributed by atoms with Gasteiger partial charge < -0.3 is 20.9 Å². The summed E-state index contributed by atoms with van der Waals surface area (Å²) >= 11 is 5.95. The van der Waals surface area contributed by atoms with Crippen LogP contribution in [-0.4, -0.2) is 53.0 Å². The molecule has 1 aliphatic rings. The van der Waals surface area contributed by atoms with Crippen molar-refractivity contribution in [3.8, 4) is 0 Å². The first kappa shape index (κ1) is 22.8. The molecule has 0 radical (unpaired) electrons. The van der Waals surface area contributed by atoms with Crippen LogP contribution < -0.4 is 16.0 Å². The molecule has 8 nitrogen and oxygen atoms in total. The summed E-state index contributed by atoms with van der Waals surface area (Å²) in [6.45, 7) is 8.67. The Morgan fingerprint density at radius 3 is 2.35 bits per heavy atom. The minimum Gasteiger partial charge on any atom is -0.353 e. The van der Waals surface area contributed by atoms with Gasteiger partial charge in [-0.3, -0.25) is 4.79 Å². The fourth-order valence-electron chi connectivity index (χ4n) is 3.60. The zero-order chi connectivity index (χ0) is 22.5. The first-order valence-electron chi connectivity index (χ1n) is 10.4. The van der Waals surface area contributed by atoms with Crippen molar-refractivity contribution in [2.24, 2.45) is 5.73 Å². The molecule has 1 aromatic heterocycles. The maximum Gasteiger partial charge on any atom is 0.312 e. The van der Waals surface area contributed by atoms with E-state index in [-0.39, 0.29) is 18.2 Å². The van der Waals surface area contributed by atoms with Crippen LogP contribution in [0, 0.1) is 6.92 Å². The number of carbonyl (C=O) groups is 2. The van der Waals surface area contributed by atoms with E-state index >= 15 is 0 Å². The monoisotopic (exact) mass is 444 g/mol. The number of aryl methyl sites for hydroxylation is 1. The lowest BCUT2D eigenvalue weighted by atomic mass is 10.0. The SMILES string of the molecule is Cc1cc(N2CCN(C(=O)CC(NC(N)=O)c3ccc(Cl)cc3)CC2)nc(C(C)C)n1. The molecule has 1 aromatic carbocycles. The number of benzene rings is 1. The summed E-state index contributed by atoms with van der Waals surface area (Å²) in [7, 11) is 0. The van der Waals surface area contributed by atoms with Crippen molar-refractivity contribution in [2.45, 2.75) is 39.2 Å². The number of hydrogen-bond acceptors (Lipinski definition) is 5. The molecule has 1 saturated heterocycles. The Labute approximate surface area is 187 Å². The van der Waals surface area contributed by atoms with Crippen molar-refractivity contribution in [3.05, 3.63) is 52.4 Å². The van der Waals surface area contributed by atoms with E-state index < -0.39 is 12.1 Å². The molecule has 1 atom stereocenters. The van der Waals surface area contributed by atoms with Gasteiger partial charge in [-0.1, -0.05) is 37.6 Å². The Balaban J connectivity index is 1.63. The number of primary amides is 1. The number of rotatable bonds is 6. The van der Waals surface area contributed by atoms with E-state index in [1.165, 1.54) is 0 Å². The van der Waals surface area contributed by atoms with Crippen LogP contribution in [0.15, 0.2) is 30.3 Å². The molecule has 2 aromatic rings. The standard InChI is InChI=1S/C22H29ClN6O2/c1-14(2)21-25-15(3)12-19(27-21)28-8-10-29(11-9-28)20(30)13-18(26-22(24)31)16-4-6-17(23)7-5-16/h4-7,12,14,18H,8-11,13H2,1-3H3,(H3,24,26,31). The lowest BCUT2D eigenvalue weighted by Gasteiger charge is -2.36. The maximum atomic E-state index is 12.9. The molecule has 3 rings (SSSR count). The minimum absolute atomic E-state index is 0.0323. The average Bonchev–Trinajstić information content (AvgIpc) is 2.73. The molecule has 31 heavy (non-hydrogen) atoms. The van der Waals surface area contributed by atoms with Gasteiger partial charge in [0.2, 0.25) is 5.91 Å². The number of aromatic nitrogens is 2. The molecule has 0 spiro atoms. The van der Waals surface area contributed by atoms with E-state index in [1.807, 2.05) is 17.9 Å². The number of hydrogen-bond donors (Lipinski definition) is 2. The smallest absolute Gasteiger partial charge is 0.312 e.